The van der Waals surface area contributed by atoms with E-state index in [0.717, 1.165) is 19.5 Å². The highest BCUT2D eigenvalue weighted by Crippen LogP contribution is 2.38. The Balaban J connectivity index is 0.00000162. The second-order valence-corrected chi connectivity index (χ2v) is 7.00. The molecule has 0 aromatic carbocycles. The lowest BCUT2D eigenvalue weighted by Gasteiger charge is -2.30. The highest BCUT2D eigenvalue weighted by molar-refractivity contribution is 5.85. The largest absolute Gasteiger partial charge is 0.342 e. The monoisotopic (exact) mass is 274 g/mol. The molecule has 1 aliphatic carbocycles. The quantitative estimate of drug-likeness (QED) is 0.797. The smallest absolute Gasteiger partial charge is 0.225 e. The van der Waals surface area contributed by atoms with Gasteiger partial charge in [-0.25, -0.2) is 0 Å². The van der Waals surface area contributed by atoms with E-state index < -0.39 is 0 Å². The fourth-order valence-corrected chi connectivity index (χ4v) is 3.13. The van der Waals surface area contributed by atoms with Gasteiger partial charge in [-0.2, -0.15) is 0 Å². The first-order valence-electron chi connectivity index (χ1n) is 6.85. The van der Waals surface area contributed by atoms with Gasteiger partial charge in [-0.05, 0) is 30.1 Å². The number of nitrogens with two attached hydrogens (primary N) is 1. The van der Waals surface area contributed by atoms with Gasteiger partial charge in [0, 0.05) is 25.0 Å². The fourth-order valence-electron chi connectivity index (χ4n) is 3.13. The summed E-state index contributed by atoms with van der Waals surface area (Å²) >= 11 is 0. The average molecular weight is 275 g/mol. The zero-order valence-electron chi connectivity index (χ0n) is 12.0. The third-order valence-corrected chi connectivity index (χ3v) is 4.89. The summed E-state index contributed by atoms with van der Waals surface area (Å²) in [6.45, 7) is 10.3. The van der Waals surface area contributed by atoms with Crippen molar-refractivity contribution in [3.05, 3.63) is 0 Å². The minimum absolute atomic E-state index is 0. The van der Waals surface area contributed by atoms with E-state index in [1.165, 1.54) is 6.42 Å². The summed E-state index contributed by atoms with van der Waals surface area (Å²) in [5.74, 6) is 1.64. The molecule has 0 spiro atoms. The molecule has 2 aliphatic rings. The molecule has 2 N–H and O–H groups in total. The number of nitrogens with zero attached hydrogens (tertiary/aromatic N) is 1. The number of hydrogen-bond acceptors (Lipinski definition) is 2. The van der Waals surface area contributed by atoms with Crippen LogP contribution in [0.2, 0.25) is 0 Å². The van der Waals surface area contributed by atoms with Crippen molar-refractivity contribution in [1.82, 2.24) is 4.90 Å². The molecule has 0 aromatic heterocycles. The Labute approximate surface area is 117 Å². The van der Waals surface area contributed by atoms with Crippen LogP contribution >= 0.6 is 12.4 Å². The van der Waals surface area contributed by atoms with E-state index in [1.54, 1.807) is 0 Å². The third kappa shape index (κ3) is 2.83. The van der Waals surface area contributed by atoms with Crippen LogP contribution in [-0.4, -0.2) is 29.9 Å². The van der Waals surface area contributed by atoms with Gasteiger partial charge in [0.1, 0.15) is 0 Å². The van der Waals surface area contributed by atoms with Gasteiger partial charge in [0.05, 0.1) is 0 Å². The molecule has 0 aromatic rings. The Morgan fingerprint density at radius 3 is 2.39 bits per heavy atom. The van der Waals surface area contributed by atoms with Gasteiger partial charge in [0.2, 0.25) is 5.91 Å². The summed E-state index contributed by atoms with van der Waals surface area (Å²) < 4.78 is 0. The minimum Gasteiger partial charge on any atom is -0.342 e. The van der Waals surface area contributed by atoms with Crippen LogP contribution in [0, 0.1) is 23.2 Å². The van der Waals surface area contributed by atoms with Gasteiger partial charge in [0.15, 0.2) is 0 Å². The van der Waals surface area contributed by atoms with Crippen molar-refractivity contribution in [2.75, 3.05) is 13.1 Å². The summed E-state index contributed by atoms with van der Waals surface area (Å²) in [5.41, 5.74) is 6.16. The molecule has 2 rings (SSSR count). The maximum absolute atomic E-state index is 12.4. The Morgan fingerprint density at radius 2 is 1.89 bits per heavy atom. The van der Waals surface area contributed by atoms with Crippen LogP contribution in [0.1, 0.15) is 40.5 Å². The lowest BCUT2D eigenvalue weighted by molar-refractivity contribution is -0.137. The van der Waals surface area contributed by atoms with Crippen molar-refractivity contribution in [2.24, 2.45) is 28.9 Å². The van der Waals surface area contributed by atoms with Gasteiger partial charge in [-0.15, -0.1) is 12.4 Å². The topological polar surface area (TPSA) is 46.3 Å². The summed E-state index contributed by atoms with van der Waals surface area (Å²) in [6, 6.07) is 0.322. The van der Waals surface area contributed by atoms with Crippen LogP contribution in [-0.2, 0) is 4.79 Å². The van der Waals surface area contributed by atoms with Crippen LogP contribution in [0.25, 0.3) is 0 Å². The molecule has 106 valence electrons. The highest BCUT2D eigenvalue weighted by atomic mass is 35.5. The molecule has 18 heavy (non-hydrogen) atoms. The van der Waals surface area contributed by atoms with Crippen molar-refractivity contribution in [2.45, 2.75) is 46.6 Å². The van der Waals surface area contributed by atoms with Crippen LogP contribution in [0.15, 0.2) is 0 Å². The summed E-state index contributed by atoms with van der Waals surface area (Å²) in [6.07, 6.45) is 2.35. The molecule has 2 fully saturated rings. The molecule has 0 bridgehead atoms. The first kappa shape index (κ1) is 15.8. The van der Waals surface area contributed by atoms with Crippen LogP contribution < -0.4 is 5.73 Å². The Hall–Kier alpha value is -0.280. The lowest BCUT2D eigenvalue weighted by Crippen LogP contribution is -2.40. The second kappa shape index (κ2) is 5.38. The van der Waals surface area contributed by atoms with Crippen LogP contribution in [0.5, 0.6) is 0 Å². The van der Waals surface area contributed by atoms with Crippen molar-refractivity contribution < 1.29 is 4.79 Å². The molecule has 4 atom stereocenters. The van der Waals surface area contributed by atoms with E-state index in [2.05, 4.69) is 32.6 Å². The second-order valence-electron chi connectivity index (χ2n) is 7.00. The van der Waals surface area contributed by atoms with E-state index in [1.807, 2.05) is 0 Å². The normalized spacial score (nSPS) is 32.9. The molecule has 1 heterocycles. The van der Waals surface area contributed by atoms with Gasteiger partial charge < -0.3 is 10.6 Å². The molecular weight excluding hydrogens is 248 g/mol. The first-order chi connectivity index (χ1) is 7.80. The molecule has 1 aliphatic heterocycles. The molecule has 1 saturated carbocycles. The Kier molecular flexibility index (Phi) is 4.71. The molecule has 3 nitrogen and oxygen atoms in total. The standard InChI is InChI=1S/C14H26N2O.ClH/c1-9(14(2,3)4)13(17)16-7-10-5-6-12(15)11(10)8-16;/h9-12H,5-8,15H2,1-4H3;1H. The predicted molar refractivity (Wildman–Crippen MR) is 76.6 cm³/mol. The lowest BCUT2D eigenvalue weighted by atomic mass is 9.81. The molecule has 4 unspecified atom stereocenters. The number of fused-ring (bicyclic) bond motifs is 1. The van der Waals surface area contributed by atoms with Gasteiger partial charge >= 0.3 is 0 Å². The molecule has 1 amide bonds. The van der Waals surface area contributed by atoms with Gasteiger partial charge in [-0.3, -0.25) is 4.79 Å². The van der Waals surface area contributed by atoms with Crippen molar-refractivity contribution in [3.63, 3.8) is 0 Å². The first-order valence-corrected chi connectivity index (χ1v) is 6.85. The van der Waals surface area contributed by atoms with E-state index in [4.69, 9.17) is 5.73 Å². The number of amides is 1. The highest BCUT2D eigenvalue weighted by Gasteiger charge is 2.44. The fraction of sp³-hybridized carbons (Fsp3) is 0.929. The zero-order chi connectivity index (χ0) is 12.8. The SMILES string of the molecule is CC(C(=O)N1CC2CCC(N)C2C1)C(C)(C)C.Cl. The molecule has 0 radical (unpaired) electrons. The Morgan fingerprint density at radius 1 is 1.28 bits per heavy atom. The number of carbonyl (C=O) groups is 1. The zero-order valence-corrected chi connectivity index (χ0v) is 12.8. The van der Waals surface area contributed by atoms with Crippen molar-refractivity contribution in [1.29, 1.82) is 0 Å². The Bertz CT molecular complexity index is 313. The number of hydrogen-bond donors (Lipinski definition) is 1. The van der Waals surface area contributed by atoms with Crippen LogP contribution in [0.3, 0.4) is 0 Å². The molecule has 4 heteroatoms. The van der Waals surface area contributed by atoms with Crippen molar-refractivity contribution in [3.8, 4) is 0 Å². The predicted octanol–water partition coefficient (Wildman–Crippen LogP) is 2.29. The van der Waals surface area contributed by atoms with Crippen LogP contribution in [0.4, 0.5) is 0 Å². The average Bonchev–Trinajstić information content (AvgIpc) is 2.78. The number of likely N-dealkylation sites (tertiary alicyclic amines) is 1. The third-order valence-electron chi connectivity index (χ3n) is 4.89. The molecule has 1 saturated heterocycles. The maximum atomic E-state index is 12.4. The van der Waals surface area contributed by atoms with Gasteiger partial charge in [0.25, 0.3) is 0 Å². The van der Waals surface area contributed by atoms with Crippen molar-refractivity contribution >= 4 is 18.3 Å². The molecular formula is C14H27ClN2O. The minimum atomic E-state index is 0. The summed E-state index contributed by atoms with van der Waals surface area (Å²) in [7, 11) is 0. The van der Waals surface area contributed by atoms with E-state index in [9.17, 15) is 4.79 Å². The summed E-state index contributed by atoms with van der Waals surface area (Å²) in [5, 5.41) is 0. The maximum Gasteiger partial charge on any atom is 0.225 e. The number of halogens is 1. The van der Waals surface area contributed by atoms with E-state index in [-0.39, 0.29) is 23.7 Å². The number of carbonyl (C=O) groups excluding carboxylic acids is 1. The summed E-state index contributed by atoms with van der Waals surface area (Å²) in [4.78, 5) is 14.5. The van der Waals surface area contributed by atoms with E-state index in [0.29, 0.717) is 23.8 Å². The van der Waals surface area contributed by atoms with E-state index >= 15 is 0 Å². The van der Waals surface area contributed by atoms with Gasteiger partial charge in [-0.1, -0.05) is 27.7 Å². The number of rotatable bonds is 1.